The normalized spacial score (nSPS) is 13.4. The van der Waals surface area contributed by atoms with Crippen molar-refractivity contribution >= 4 is 18.0 Å². The van der Waals surface area contributed by atoms with Gasteiger partial charge in [-0.2, -0.15) is 0 Å². The number of nitrogens with one attached hydrogen (secondary N) is 3. The molecular weight excluding hydrogens is 352 g/mol. The first-order chi connectivity index (χ1) is 12.6. The van der Waals surface area contributed by atoms with Gasteiger partial charge < -0.3 is 25.8 Å². The van der Waals surface area contributed by atoms with Crippen LogP contribution in [0.3, 0.4) is 0 Å². The van der Waals surface area contributed by atoms with Gasteiger partial charge in [0.25, 0.3) is 0 Å². The minimum Gasteiger partial charge on any atom is -0.467 e. The lowest BCUT2D eigenvalue weighted by molar-refractivity contribution is -0.145. The summed E-state index contributed by atoms with van der Waals surface area (Å²) in [6.45, 7) is 5.92. The molecule has 0 spiro atoms. The Balaban J connectivity index is 4.99. The van der Waals surface area contributed by atoms with Gasteiger partial charge in [-0.25, -0.2) is 9.59 Å². The molecule has 0 aromatic rings. The molecule has 0 saturated carbocycles. The number of unbranched alkanes of at least 4 members (excludes halogenated alkanes) is 2. The molecule has 0 saturated heterocycles. The number of hydrogen-bond donors (Lipinski definition) is 3. The number of ether oxygens (including phenoxy) is 2. The number of nitrogens with two attached hydrogens (primary N) is 1. The van der Waals surface area contributed by atoms with E-state index in [0.29, 0.717) is 38.6 Å². The molecule has 2 atom stereocenters. The summed E-state index contributed by atoms with van der Waals surface area (Å²) in [5.41, 5.74) is 12.0. The van der Waals surface area contributed by atoms with Crippen molar-refractivity contribution in [3.05, 3.63) is 0 Å². The van der Waals surface area contributed by atoms with Crippen LogP contribution in [0.1, 0.15) is 59.3 Å². The average molecular weight is 388 g/mol. The van der Waals surface area contributed by atoms with Gasteiger partial charge in [-0.3, -0.25) is 10.5 Å². The molecule has 0 fully saturated rings. The molecular formula is C18H35N4O5. The molecule has 1 unspecified atom stereocenters. The molecule has 0 aromatic carbocycles. The van der Waals surface area contributed by atoms with Gasteiger partial charge in [-0.1, -0.05) is 0 Å². The molecule has 1 radical (unpaired) electrons. The van der Waals surface area contributed by atoms with E-state index < -0.39 is 35.7 Å². The van der Waals surface area contributed by atoms with Crippen molar-refractivity contribution in [1.82, 2.24) is 16.4 Å². The molecule has 2 amide bonds. The van der Waals surface area contributed by atoms with E-state index in [2.05, 4.69) is 10.6 Å². The van der Waals surface area contributed by atoms with Gasteiger partial charge in [0.05, 0.1) is 7.11 Å². The first-order valence-corrected chi connectivity index (χ1v) is 9.37. The van der Waals surface area contributed by atoms with Gasteiger partial charge in [0.1, 0.15) is 17.7 Å². The summed E-state index contributed by atoms with van der Waals surface area (Å²) in [7, 11) is 1.26. The summed E-state index contributed by atoms with van der Waals surface area (Å²) in [5, 5.41) is 5.21. The number of hydrogen-bond acceptors (Lipinski definition) is 6. The fourth-order valence-electron chi connectivity index (χ4n) is 2.35. The van der Waals surface area contributed by atoms with E-state index in [9.17, 15) is 14.4 Å². The predicted octanol–water partition coefficient (Wildman–Crippen LogP) is 1.12. The standard InChI is InChI=1S/C18H35N4O5/c1-18(2,3)27-17(25)22-13(9-5-7-11-19)15(23)21-14(16(24)26-4)10-6-8-12-20/h13-14,19H,5-12,20H2,1-4H3,(H,21,23)(H,22,25)/t13-,14?/m0/s1. The van der Waals surface area contributed by atoms with E-state index in [1.807, 2.05) is 0 Å². The number of methoxy groups -OCH3 is 1. The highest BCUT2D eigenvalue weighted by atomic mass is 16.6. The van der Waals surface area contributed by atoms with E-state index in [4.69, 9.17) is 20.9 Å². The molecule has 0 bridgehead atoms. The second-order valence-corrected chi connectivity index (χ2v) is 7.31. The summed E-state index contributed by atoms with van der Waals surface area (Å²) in [6.07, 6.45) is 2.64. The quantitative estimate of drug-likeness (QED) is 0.338. The molecule has 157 valence electrons. The first-order valence-electron chi connectivity index (χ1n) is 9.37. The summed E-state index contributed by atoms with van der Waals surface area (Å²) < 4.78 is 9.95. The highest BCUT2D eigenvalue weighted by Crippen LogP contribution is 2.09. The maximum Gasteiger partial charge on any atom is 0.408 e. The van der Waals surface area contributed by atoms with E-state index in [0.717, 1.165) is 6.42 Å². The summed E-state index contributed by atoms with van der Waals surface area (Å²) in [5.74, 6) is -1.02. The third-order valence-corrected chi connectivity index (χ3v) is 3.68. The molecule has 0 aliphatic carbocycles. The Morgan fingerprint density at radius 3 is 2.11 bits per heavy atom. The second kappa shape index (κ2) is 13.3. The van der Waals surface area contributed by atoms with Crippen LogP contribution in [0.15, 0.2) is 0 Å². The lowest BCUT2D eigenvalue weighted by atomic mass is 10.1. The second-order valence-electron chi connectivity index (χ2n) is 7.31. The molecule has 0 heterocycles. The lowest BCUT2D eigenvalue weighted by Gasteiger charge is -2.25. The smallest absolute Gasteiger partial charge is 0.408 e. The Morgan fingerprint density at radius 2 is 1.59 bits per heavy atom. The van der Waals surface area contributed by atoms with Crippen molar-refractivity contribution in [2.45, 2.75) is 77.0 Å². The molecule has 9 heteroatoms. The van der Waals surface area contributed by atoms with Gasteiger partial charge in [-0.15, -0.1) is 0 Å². The first kappa shape index (κ1) is 25.1. The van der Waals surface area contributed by atoms with Gasteiger partial charge in [-0.05, 0) is 65.8 Å². The van der Waals surface area contributed by atoms with Crippen LogP contribution in [-0.4, -0.2) is 55.9 Å². The Labute approximate surface area is 161 Å². The monoisotopic (exact) mass is 387 g/mol. The maximum atomic E-state index is 12.6. The van der Waals surface area contributed by atoms with Crippen LogP contribution in [0.5, 0.6) is 0 Å². The van der Waals surface area contributed by atoms with E-state index in [1.165, 1.54) is 7.11 Å². The zero-order chi connectivity index (χ0) is 20.9. The van der Waals surface area contributed by atoms with Crippen molar-refractivity contribution in [3.8, 4) is 0 Å². The molecule has 0 aromatic heterocycles. The van der Waals surface area contributed by atoms with Gasteiger partial charge in [0, 0.05) is 6.54 Å². The zero-order valence-corrected chi connectivity index (χ0v) is 16.9. The zero-order valence-electron chi connectivity index (χ0n) is 16.9. The Kier molecular flexibility index (Phi) is 12.4. The Morgan fingerprint density at radius 1 is 1.00 bits per heavy atom. The minimum atomic E-state index is -0.854. The van der Waals surface area contributed by atoms with Crippen LogP contribution < -0.4 is 22.1 Å². The van der Waals surface area contributed by atoms with Gasteiger partial charge >= 0.3 is 12.1 Å². The van der Waals surface area contributed by atoms with E-state index >= 15 is 0 Å². The van der Waals surface area contributed by atoms with Crippen molar-refractivity contribution in [3.63, 3.8) is 0 Å². The van der Waals surface area contributed by atoms with Crippen molar-refractivity contribution in [1.29, 1.82) is 0 Å². The SMILES string of the molecule is COC(=O)C(CCCCN)NC(=O)[C@H](CCCC[NH])NC(=O)OC(C)(C)C. The number of esters is 1. The van der Waals surface area contributed by atoms with Gasteiger partial charge in [0.15, 0.2) is 0 Å². The van der Waals surface area contributed by atoms with Crippen molar-refractivity contribution in [2.24, 2.45) is 5.73 Å². The van der Waals surface area contributed by atoms with Crippen LogP contribution >= 0.6 is 0 Å². The summed E-state index contributed by atoms with van der Waals surface area (Å²) >= 11 is 0. The van der Waals surface area contributed by atoms with Crippen LogP contribution in [0.4, 0.5) is 4.79 Å². The molecule has 9 nitrogen and oxygen atoms in total. The Hall–Kier alpha value is -1.87. The summed E-state index contributed by atoms with van der Waals surface area (Å²) in [6, 6.07) is -1.65. The number of carbonyl (C=O) groups is 3. The minimum absolute atomic E-state index is 0.241. The molecule has 0 aliphatic rings. The van der Waals surface area contributed by atoms with E-state index in [-0.39, 0.29) is 6.54 Å². The highest BCUT2D eigenvalue weighted by Gasteiger charge is 2.28. The third kappa shape index (κ3) is 12.2. The number of carbonyl (C=O) groups excluding carboxylic acids is 3. The number of rotatable bonds is 12. The largest absolute Gasteiger partial charge is 0.467 e. The molecule has 0 aliphatic heterocycles. The fraction of sp³-hybridized carbons (Fsp3) is 0.833. The fourth-order valence-corrected chi connectivity index (χ4v) is 2.35. The average Bonchev–Trinajstić information content (AvgIpc) is 2.57. The maximum absolute atomic E-state index is 12.6. The summed E-state index contributed by atoms with van der Waals surface area (Å²) in [4.78, 5) is 36.6. The highest BCUT2D eigenvalue weighted by molar-refractivity contribution is 5.89. The number of alkyl carbamates (subject to hydrolysis) is 1. The number of amides is 2. The van der Waals surface area contributed by atoms with Gasteiger partial charge in [0.2, 0.25) is 5.91 Å². The van der Waals surface area contributed by atoms with Crippen LogP contribution in [0.2, 0.25) is 0 Å². The Bertz CT molecular complexity index is 465. The predicted molar refractivity (Wildman–Crippen MR) is 102 cm³/mol. The topological polar surface area (TPSA) is 144 Å². The van der Waals surface area contributed by atoms with Crippen LogP contribution in [-0.2, 0) is 19.1 Å². The van der Waals surface area contributed by atoms with Crippen LogP contribution in [0, 0.1) is 0 Å². The molecule has 5 N–H and O–H groups in total. The van der Waals surface area contributed by atoms with E-state index in [1.54, 1.807) is 20.8 Å². The molecule has 0 rings (SSSR count). The van der Waals surface area contributed by atoms with Crippen molar-refractivity contribution < 1.29 is 23.9 Å². The third-order valence-electron chi connectivity index (χ3n) is 3.68. The van der Waals surface area contributed by atoms with Crippen LogP contribution in [0.25, 0.3) is 0 Å². The lowest BCUT2D eigenvalue weighted by Crippen LogP contribution is -2.52. The van der Waals surface area contributed by atoms with Crippen molar-refractivity contribution in [2.75, 3.05) is 20.2 Å². The molecule has 27 heavy (non-hydrogen) atoms.